The predicted octanol–water partition coefficient (Wildman–Crippen LogP) is 7.18. The maximum absolute atomic E-state index is 4.92. The second kappa shape index (κ2) is 6.10. The van der Waals surface area contributed by atoms with E-state index >= 15 is 0 Å². The van der Waals surface area contributed by atoms with Crippen LogP contribution in [0.25, 0.3) is 22.5 Å². The molecule has 4 atom stereocenters. The van der Waals surface area contributed by atoms with Gasteiger partial charge in [-0.15, -0.1) is 0 Å². The van der Waals surface area contributed by atoms with Gasteiger partial charge in [-0.05, 0) is 101 Å². The van der Waals surface area contributed by atoms with E-state index in [9.17, 15) is 0 Å². The highest BCUT2D eigenvalue weighted by Gasteiger charge is 2.53. The minimum Gasteiger partial charge on any atom is -0.256 e. The first kappa shape index (κ1) is 19.0. The topological polar surface area (TPSA) is 25.8 Å². The van der Waals surface area contributed by atoms with Gasteiger partial charge in [0, 0.05) is 23.5 Å². The zero-order chi connectivity index (χ0) is 21.8. The lowest BCUT2D eigenvalue weighted by Gasteiger charge is -2.57. The summed E-state index contributed by atoms with van der Waals surface area (Å²) in [7, 11) is 0. The van der Waals surface area contributed by atoms with Crippen molar-refractivity contribution in [3.8, 4) is 22.5 Å². The van der Waals surface area contributed by atoms with Crippen LogP contribution in [0.1, 0.15) is 74.6 Å². The van der Waals surface area contributed by atoms with Gasteiger partial charge in [-0.2, -0.15) is 0 Å². The number of pyridine rings is 2. The van der Waals surface area contributed by atoms with E-state index in [2.05, 4.69) is 76.5 Å². The zero-order valence-electron chi connectivity index (χ0n) is 19.7. The molecule has 6 aliphatic carbocycles. The predicted molar refractivity (Wildman–Crippen MR) is 130 cm³/mol. The summed E-state index contributed by atoms with van der Waals surface area (Å²) in [5.41, 5.74) is 11.5. The van der Waals surface area contributed by atoms with E-state index < -0.39 is 0 Å². The SMILES string of the molecule is CC1(C)[C@H]2Cc3cc(-c4cccc(-c5cc6c(cn5)[C@H]5C[C@H](C6)C5(C)C)c4)ncc3[C@H]1C2. The fourth-order valence-corrected chi connectivity index (χ4v) is 7.46. The summed E-state index contributed by atoms with van der Waals surface area (Å²) in [5.74, 6) is 3.05. The fourth-order valence-electron chi connectivity index (χ4n) is 7.46. The van der Waals surface area contributed by atoms with Crippen LogP contribution in [0.5, 0.6) is 0 Å². The van der Waals surface area contributed by atoms with Crippen molar-refractivity contribution < 1.29 is 0 Å². The molecular formula is C30H32N2. The molecule has 2 fully saturated rings. The maximum atomic E-state index is 4.92. The number of benzene rings is 1. The quantitative estimate of drug-likeness (QED) is 0.439. The Kier molecular flexibility index (Phi) is 3.63. The van der Waals surface area contributed by atoms with Crippen LogP contribution < -0.4 is 0 Å². The molecule has 0 N–H and O–H groups in total. The Morgan fingerprint density at radius 3 is 1.59 bits per heavy atom. The van der Waals surface area contributed by atoms with Crippen LogP contribution in [0, 0.1) is 22.7 Å². The van der Waals surface area contributed by atoms with Crippen molar-refractivity contribution in [1.29, 1.82) is 0 Å². The van der Waals surface area contributed by atoms with Crippen molar-refractivity contribution in [3.63, 3.8) is 0 Å². The first-order chi connectivity index (χ1) is 15.3. The number of rotatable bonds is 2. The monoisotopic (exact) mass is 420 g/mol. The third-order valence-electron chi connectivity index (χ3n) is 10.1. The molecule has 162 valence electrons. The average Bonchev–Trinajstić information content (AvgIpc) is 2.82. The van der Waals surface area contributed by atoms with Crippen LogP contribution in [-0.4, -0.2) is 9.97 Å². The average molecular weight is 421 g/mol. The summed E-state index contributed by atoms with van der Waals surface area (Å²) in [6, 6.07) is 13.6. The van der Waals surface area contributed by atoms with Crippen LogP contribution >= 0.6 is 0 Å². The van der Waals surface area contributed by atoms with Gasteiger partial charge in [-0.1, -0.05) is 45.9 Å². The summed E-state index contributed by atoms with van der Waals surface area (Å²) in [4.78, 5) is 9.84. The molecule has 2 aromatic heterocycles. The molecular weight excluding hydrogens is 388 g/mol. The molecule has 1 aromatic carbocycles. The largest absolute Gasteiger partial charge is 0.256 e. The number of aromatic nitrogens is 2. The minimum atomic E-state index is 0.448. The second-order valence-electron chi connectivity index (χ2n) is 12.1. The summed E-state index contributed by atoms with van der Waals surface area (Å²) >= 11 is 0. The second-order valence-corrected chi connectivity index (χ2v) is 12.1. The van der Waals surface area contributed by atoms with Gasteiger partial charge in [0.25, 0.3) is 0 Å². The molecule has 0 radical (unpaired) electrons. The molecule has 6 aliphatic rings. The lowest BCUT2D eigenvalue weighted by atomic mass is 9.47. The van der Waals surface area contributed by atoms with E-state index in [-0.39, 0.29) is 0 Å². The first-order valence-corrected chi connectivity index (χ1v) is 12.4. The van der Waals surface area contributed by atoms with Crippen LogP contribution in [0.2, 0.25) is 0 Å². The lowest BCUT2D eigenvalue weighted by Crippen LogP contribution is -2.48. The highest BCUT2D eigenvalue weighted by atomic mass is 14.7. The molecule has 0 unspecified atom stereocenters. The summed E-state index contributed by atoms with van der Waals surface area (Å²) < 4.78 is 0. The molecule has 2 heterocycles. The number of hydrogen-bond acceptors (Lipinski definition) is 2. The maximum Gasteiger partial charge on any atom is 0.0705 e. The molecule has 0 saturated heterocycles. The molecule has 0 spiro atoms. The standard InChI is InChI=1S/C30H32N2/c1-29(2)21-9-19-11-27(31-15-23(19)25(29)13-21)17-6-5-7-18(8-17)28-12-20-10-22-14-26(30(22,3)4)24(20)16-32-28/h5-8,11-12,15-16,21-22,25-26H,9-10,13-14H2,1-4H3/t21-,22-,25+,26+/m0/s1. The third kappa shape index (κ3) is 2.42. The van der Waals surface area contributed by atoms with Gasteiger partial charge >= 0.3 is 0 Å². The summed E-state index contributed by atoms with van der Waals surface area (Å²) in [6.07, 6.45) is 9.45. The summed E-state index contributed by atoms with van der Waals surface area (Å²) in [5, 5.41) is 0. The molecule has 3 aromatic rings. The summed E-state index contributed by atoms with van der Waals surface area (Å²) in [6.45, 7) is 9.73. The van der Waals surface area contributed by atoms with Crippen molar-refractivity contribution in [2.24, 2.45) is 22.7 Å². The highest BCUT2D eigenvalue weighted by Crippen LogP contribution is 2.63. The van der Waals surface area contributed by atoms with Crippen LogP contribution in [0.15, 0.2) is 48.8 Å². The van der Waals surface area contributed by atoms with E-state index in [0.29, 0.717) is 22.7 Å². The molecule has 4 bridgehead atoms. The van der Waals surface area contributed by atoms with E-state index in [1.165, 1.54) is 59.1 Å². The molecule has 2 saturated carbocycles. The smallest absolute Gasteiger partial charge is 0.0705 e. The Hall–Kier alpha value is -2.48. The van der Waals surface area contributed by atoms with Gasteiger partial charge in [-0.25, -0.2) is 0 Å². The van der Waals surface area contributed by atoms with Crippen molar-refractivity contribution in [2.75, 3.05) is 0 Å². The van der Waals surface area contributed by atoms with E-state index in [1.54, 1.807) is 0 Å². The van der Waals surface area contributed by atoms with E-state index in [4.69, 9.17) is 9.97 Å². The van der Waals surface area contributed by atoms with Gasteiger partial charge in [0.05, 0.1) is 11.4 Å². The number of nitrogens with zero attached hydrogens (tertiary/aromatic N) is 2. The third-order valence-corrected chi connectivity index (χ3v) is 10.1. The van der Waals surface area contributed by atoms with Gasteiger partial charge in [0.2, 0.25) is 0 Å². The molecule has 2 heteroatoms. The van der Waals surface area contributed by atoms with Crippen LogP contribution in [0.4, 0.5) is 0 Å². The van der Waals surface area contributed by atoms with Crippen LogP contribution in [0.3, 0.4) is 0 Å². The van der Waals surface area contributed by atoms with Crippen molar-refractivity contribution in [3.05, 3.63) is 71.0 Å². The highest BCUT2D eigenvalue weighted by molar-refractivity contribution is 5.71. The van der Waals surface area contributed by atoms with Crippen LogP contribution in [-0.2, 0) is 12.8 Å². The molecule has 0 aliphatic heterocycles. The fraction of sp³-hybridized carbons (Fsp3) is 0.467. The Labute approximate surface area is 191 Å². The first-order valence-electron chi connectivity index (χ1n) is 12.4. The molecule has 32 heavy (non-hydrogen) atoms. The van der Waals surface area contributed by atoms with Gasteiger partial charge in [-0.3, -0.25) is 9.97 Å². The van der Waals surface area contributed by atoms with Gasteiger partial charge in [0.1, 0.15) is 0 Å². The molecule has 2 nitrogen and oxygen atoms in total. The Bertz CT molecular complexity index is 1170. The van der Waals surface area contributed by atoms with Crippen molar-refractivity contribution in [1.82, 2.24) is 9.97 Å². The Morgan fingerprint density at radius 1 is 0.688 bits per heavy atom. The zero-order valence-corrected chi connectivity index (χ0v) is 19.7. The Morgan fingerprint density at radius 2 is 1.16 bits per heavy atom. The normalized spacial score (nSPS) is 29.9. The van der Waals surface area contributed by atoms with Crippen molar-refractivity contribution in [2.45, 2.75) is 65.2 Å². The van der Waals surface area contributed by atoms with Crippen molar-refractivity contribution >= 4 is 0 Å². The molecule has 0 amide bonds. The number of hydrogen-bond donors (Lipinski definition) is 0. The van der Waals surface area contributed by atoms with E-state index in [0.717, 1.165) is 23.2 Å². The van der Waals surface area contributed by atoms with Gasteiger partial charge in [0.15, 0.2) is 0 Å². The molecule has 9 rings (SSSR count). The lowest BCUT2D eigenvalue weighted by molar-refractivity contribution is 0.0183. The minimum absolute atomic E-state index is 0.448. The van der Waals surface area contributed by atoms with Gasteiger partial charge < -0.3 is 0 Å². The van der Waals surface area contributed by atoms with E-state index in [1.807, 2.05) is 0 Å². The Balaban J connectivity index is 1.22.